The Kier molecular flexibility index (Phi) is 4.62. The molecule has 2 N–H and O–H groups in total. The molecule has 4 heteroatoms. The molecule has 1 heterocycles. The molecular formula is C14H26N2O2. The standard InChI is InChI=1S/C14H26N2O2/c1-10-7-11(2)9-16(8-10)6-5-13(14(17)18)15-12-3-4-12/h10-13,15H,3-9H2,1-2H3,(H,17,18). The molecule has 1 saturated carbocycles. The van der Waals surface area contributed by atoms with E-state index in [1.807, 2.05) is 0 Å². The van der Waals surface area contributed by atoms with Gasteiger partial charge in [-0.15, -0.1) is 0 Å². The number of piperidine rings is 1. The Labute approximate surface area is 110 Å². The van der Waals surface area contributed by atoms with Gasteiger partial charge in [0.15, 0.2) is 0 Å². The first-order valence-corrected chi connectivity index (χ1v) is 7.25. The maximum atomic E-state index is 11.2. The number of carboxylic acids is 1. The van der Waals surface area contributed by atoms with Crippen molar-refractivity contribution in [1.82, 2.24) is 10.2 Å². The van der Waals surface area contributed by atoms with Crippen molar-refractivity contribution in [3.8, 4) is 0 Å². The molecule has 1 aliphatic heterocycles. The van der Waals surface area contributed by atoms with Crippen LogP contribution in [-0.2, 0) is 4.79 Å². The van der Waals surface area contributed by atoms with E-state index in [1.54, 1.807) is 0 Å². The number of nitrogens with zero attached hydrogens (tertiary/aromatic N) is 1. The van der Waals surface area contributed by atoms with Crippen LogP contribution in [-0.4, -0.2) is 47.7 Å². The fourth-order valence-corrected chi connectivity index (χ4v) is 3.10. The molecule has 2 fully saturated rings. The zero-order valence-corrected chi connectivity index (χ0v) is 11.6. The number of nitrogens with one attached hydrogen (secondary N) is 1. The average Bonchev–Trinajstić information content (AvgIpc) is 3.06. The van der Waals surface area contributed by atoms with E-state index in [0.717, 1.165) is 50.7 Å². The molecule has 4 nitrogen and oxygen atoms in total. The second-order valence-corrected chi connectivity index (χ2v) is 6.33. The van der Waals surface area contributed by atoms with Crippen LogP contribution in [0, 0.1) is 11.8 Å². The molecule has 0 aromatic rings. The van der Waals surface area contributed by atoms with Crippen LogP contribution >= 0.6 is 0 Å². The first kappa shape index (κ1) is 13.8. The summed E-state index contributed by atoms with van der Waals surface area (Å²) in [6.07, 6.45) is 4.31. The van der Waals surface area contributed by atoms with Crippen LogP contribution in [0.5, 0.6) is 0 Å². The van der Waals surface area contributed by atoms with Crippen LogP contribution in [0.3, 0.4) is 0 Å². The fraction of sp³-hybridized carbons (Fsp3) is 0.929. The molecule has 3 unspecified atom stereocenters. The van der Waals surface area contributed by atoms with Gasteiger partial charge in [0.2, 0.25) is 0 Å². The highest BCUT2D eigenvalue weighted by molar-refractivity contribution is 5.73. The number of hydrogen-bond acceptors (Lipinski definition) is 3. The molecule has 2 rings (SSSR count). The Morgan fingerprint density at radius 2 is 1.94 bits per heavy atom. The van der Waals surface area contributed by atoms with Gasteiger partial charge in [0.05, 0.1) is 0 Å². The van der Waals surface area contributed by atoms with Gasteiger partial charge in [0.1, 0.15) is 6.04 Å². The van der Waals surface area contributed by atoms with Crippen molar-refractivity contribution in [1.29, 1.82) is 0 Å². The number of carbonyl (C=O) groups is 1. The van der Waals surface area contributed by atoms with Gasteiger partial charge in [0.25, 0.3) is 0 Å². The summed E-state index contributed by atoms with van der Waals surface area (Å²) in [5.41, 5.74) is 0. The van der Waals surface area contributed by atoms with Crippen LogP contribution in [0.1, 0.15) is 39.5 Å². The first-order valence-electron chi connectivity index (χ1n) is 7.25. The molecule has 0 aromatic heterocycles. The van der Waals surface area contributed by atoms with E-state index in [2.05, 4.69) is 24.1 Å². The highest BCUT2D eigenvalue weighted by Crippen LogP contribution is 2.22. The van der Waals surface area contributed by atoms with Gasteiger partial charge in [-0.2, -0.15) is 0 Å². The Balaban J connectivity index is 1.75. The summed E-state index contributed by atoms with van der Waals surface area (Å²) in [4.78, 5) is 13.6. The van der Waals surface area contributed by atoms with E-state index in [-0.39, 0.29) is 6.04 Å². The summed E-state index contributed by atoms with van der Waals surface area (Å²) in [5.74, 6) is 0.793. The van der Waals surface area contributed by atoms with E-state index < -0.39 is 5.97 Å². The lowest BCUT2D eigenvalue weighted by Crippen LogP contribution is -2.44. The summed E-state index contributed by atoms with van der Waals surface area (Å²) in [6.45, 7) is 7.74. The van der Waals surface area contributed by atoms with Crippen LogP contribution in [0.15, 0.2) is 0 Å². The normalized spacial score (nSPS) is 31.2. The van der Waals surface area contributed by atoms with E-state index >= 15 is 0 Å². The Hall–Kier alpha value is -0.610. The molecule has 1 saturated heterocycles. The highest BCUT2D eigenvalue weighted by Gasteiger charge is 2.29. The SMILES string of the molecule is CC1CC(C)CN(CCC(NC2CC2)C(=O)O)C1. The number of rotatable bonds is 6. The minimum Gasteiger partial charge on any atom is -0.480 e. The fourth-order valence-electron chi connectivity index (χ4n) is 3.10. The maximum Gasteiger partial charge on any atom is 0.320 e. The van der Waals surface area contributed by atoms with Crippen molar-refractivity contribution in [3.05, 3.63) is 0 Å². The number of carboxylic acid groups (broad SMARTS) is 1. The second-order valence-electron chi connectivity index (χ2n) is 6.33. The van der Waals surface area contributed by atoms with Crippen LogP contribution in [0.4, 0.5) is 0 Å². The highest BCUT2D eigenvalue weighted by atomic mass is 16.4. The predicted octanol–water partition coefficient (Wildman–Crippen LogP) is 1.56. The van der Waals surface area contributed by atoms with E-state index in [9.17, 15) is 9.90 Å². The van der Waals surface area contributed by atoms with E-state index in [4.69, 9.17) is 0 Å². The topological polar surface area (TPSA) is 52.6 Å². The summed E-state index contributed by atoms with van der Waals surface area (Å²) < 4.78 is 0. The first-order chi connectivity index (χ1) is 8.54. The lowest BCUT2D eigenvalue weighted by molar-refractivity contribution is -0.139. The van der Waals surface area contributed by atoms with Gasteiger partial charge in [-0.1, -0.05) is 13.8 Å². The third-order valence-electron chi connectivity index (χ3n) is 3.99. The number of aliphatic carboxylic acids is 1. The van der Waals surface area contributed by atoms with Gasteiger partial charge >= 0.3 is 5.97 Å². The molecule has 104 valence electrons. The van der Waals surface area contributed by atoms with Crippen molar-refractivity contribution in [2.45, 2.75) is 51.6 Å². The lowest BCUT2D eigenvalue weighted by atomic mass is 9.91. The monoisotopic (exact) mass is 254 g/mol. The third kappa shape index (κ3) is 4.25. The van der Waals surface area contributed by atoms with Crippen molar-refractivity contribution in [2.75, 3.05) is 19.6 Å². The molecule has 3 atom stereocenters. The van der Waals surface area contributed by atoms with Gasteiger partial charge < -0.3 is 15.3 Å². The molecule has 18 heavy (non-hydrogen) atoms. The van der Waals surface area contributed by atoms with Gasteiger partial charge in [-0.25, -0.2) is 0 Å². The van der Waals surface area contributed by atoms with Crippen LogP contribution in [0.25, 0.3) is 0 Å². The smallest absolute Gasteiger partial charge is 0.320 e. The van der Waals surface area contributed by atoms with Crippen molar-refractivity contribution in [2.24, 2.45) is 11.8 Å². The molecule has 0 radical (unpaired) electrons. The summed E-state index contributed by atoms with van der Waals surface area (Å²) >= 11 is 0. The van der Waals surface area contributed by atoms with Crippen molar-refractivity contribution >= 4 is 5.97 Å². The van der Waals surface area contributed by atoms with Gasteiger partial charge in [-0.3, -0.25) is 4.79 Å². The van der Waals surface area contributed by atoms with Crippen LogP contribution in [0.2, 0.25) is 0 Å². The summed E-state index contributed by atoms with van der Waals surface area (Å²) in [5, 5.41) is 12.4. The third-order valence-corrected chi connectivity index (χ3v) is 3.99. The zero-order valence-electron chi connectivity index (χ0n) is 11.6. The zero-order chi connectivity index (χ0) is 13.1. The number of hydrogen-bond donors (Lipinski definition) is 2. The molecule has 2 aliphatic rings. The number of likely N-dealkylation sites (tertiary alicyclic amines) is 1. The molecule has 0 bridgehead atoms. The Bertz CT molecular complexity index is 282. The Morgan fingerprint density at radius 3 is 2.44 bits per heavy atom. The van der Waals surface area contributed by atoms with Gasteiger partial charge in [0, 0.05) is 25.7 Å². The van der Waals surface area contributed by atoms with Crippen molar-refractivity contribution < 1.29 is 9.90 Å². The second kappa shape index (κ2) is 6.02. The molecule has 0 amide bonds. The molecule has 0 spiro atoms. The maximum absolute atomic E-state index is 11.2. The largest absolute Gasteiger partial charge is 0.480 e. The van der Waals surface area contributed by atoms with Crippen LogP contribution < -0.4 is 5.32 Å². The molecular weight excluding hydrogens is 228 g/mol. The summed E-state index contributed by atoms with van der Waals surface area (Å²) in [6, 6.07) is 0.107. The van der Waals surface area contributed by atoms with Gasteiger partial charge in [-0.05, 0) is 37.5 Å². The lowest BCUT2D eigenvalue weighted by Gasteiger charge is -2.35. The minimum atomic E-state index is -0.694. The Morgan fingerprint density at radius 1 is 1.33 bits per heavy atom. The van der Waals surface area contributed by atoms with E-state index in [0.29, 0.717) is 6.04 Å². The summed E-state index contributed by atoms with van der Waals surface area (Å²) in [7, 11) is 0. The predicted molar refractivity (Wildman–Crippen MR) is 71.6 cm³/mol. The minimum absolute atomic E-state index is 0.356. The molecule has 0 aromatic carbocycles. The average molecular weight is 254 g/mol. The van der Waals surface area contributed by atoms with Crippen molar-refractivity contribution in [3.63, 3.8) is 0 Å². The molecule has 1 aliphatic carbocycles. The van der Waals surface area contributed by atoms with E-state index in [1.165, 1.54) is 6.42 Å². The quantitative estimate of drug-likeness (QED) is 0.755.